The molecule has 0 unspecified atom stereocenters. The number of amides is 2. The number of hydrogen-bond donors (Lipinski definition) is 3. The van der Waals surface area contributed by atoms with Gasteiger partial charge in [-0.25, -0.2) is 0 Å². The van der Waals surface area contributed by atoms with Crippen molar-refractivity contribution in [1.82, 2.24) is 15.5 Å². The number of nitrogens with zero attached hydrogens (tertiary/aromatic N) is 1. The van der Waals surface area contributed by atoms with E-state index in [0.29, 0.717) is 18.2 Å². The second-order valence-corrected chi connectivity index (χ2v) is 7.88. The number of ketones is 1. The Morgan fingerprint density at radius 3 is 2.44 bits per heavy atom. The van der Waals surface area contributed by atoms with E-state index in [2.05, 4.69) is 22.5 Å². The van der Waals surface area contributed by atoms with Crippen LogP contribution in [0, 0.1) is 11.8 Å². The third-order valence-electron chi connectivity index (χ3n) is 5.61. The van der Waals surface area contributed by atoms with Gasteiger partial charge in [-0.3, -0.25) is 14.4 Å². The maximum Gasteiger partial charge on any atom is 0.254 e. The highest BCUT2D eigenvalue weighted by Crippen LogP contribution is 2.20. The molecule has 1 heterocycles. The number of nitrogens with one attached hydrogen (secondary N) is 2. The van der Waals surface area contributed by atoms with Gasteiger partial charge < -0.3 is 25.1 Å². The van der Waals surface area contributed by atoms with Crippen LogP contribution in [-0.2, 0) is 16.1 Å². The second kappa shape index (κ2) is 9.81. The molecule has 8 heteroatoms. The summed E-state index contributed by atoms with van der Waals surface area (Å²) in [5, 5.41) is 15.0. The molecular formula is C24H27N3O5. The maximum atomic E-state index is 12.9. The van der Waals surface area contributed by atoms with Crippen LogP contribution < -0.4 is 10.6 Å². The highest BCUT2D eigenvalue weighted by molar-refractivity contribution is 6.14. The minimum absolute atomic E-state index is 0.288. The first-order chi connectivity index (χ1) is 15.3. The number of carbonyl (C=O) groups is 3. The number of aliphatic hydroxyl groups excluding tert-OH is 1. The topological polar surface area (TPSA) is 112 Å². The molecule has 1 fully saturated rings. The van der Waals surface area contributed by atoms with E-state index in [1.807, 2.05) is 6.07 Å². The predicted octanol–water partition coefficient (Wildman–Crippen LogP) is 1.07. The van der Waals surface area contributed by atoms with Gasteiger partial charge >= 0.3 is 0 Å². The summed E-state index contributed by atoms with van der Waals surface area (Å²) in [4.78, 5) is 38.5. The van der Waals surface area contributed by atoms with Gasteiger partial charge in [0.25, 0.3) is 11.8 Å². The third kappa shape index (κ3) is 5.07. The molecule has 2 amide bonds. The van der Waals surface area contributed by atoms with E-state index in [1.165, 1.54) is 33.9 Å². The molecule has 0 radical (unpaired) electrons. The van der Waals surface area contributed by atoms with Gasteiger partial charge in [0, 0.05) is 31.3 Å². The first-order valence-electron chi connectivity index (χ1n) is 10.4. The third-order valence-corrected chi connectivity index (χ3v) is 5.61. The quantitative estimate of drug-likeness (QED) is 0.421. The summed E-state index contributed by atoms with van der Waals surface area (Å²) in [6.07, 6.45) is 4.04. The first kappa shape index (κ1) is 23.3. The standard InChI is InChI=1S/C24H27N3O5/c1-24(21(29)14-28,23(31)25-2)27(3)22(30)18-8-6-16(7-9-18)4-5-17-12-20(32-15-17)13-26-19-10-11-19/h6-9,12,15,19,26,28H,10-11,13-14H2,1-3H3,(H,25,31)/t24-/m1/s1. The fraction of sp³-hybridized carbons (Fsp3) is 0.375. The van der Waals surface area contributed by atoms with Crippen molar-refractivity contribution in [3.8, 4) is 11.8 Å². The second-order valence-electron chi connectivity index (χ2n) is 7.88. The Morgan fingerprint density at radius 1 is 1.19 bits per heavy atom. The zero-order valence-corrected chi connectivity index (χ0v) is 18.4. The van der Waals surface area contributed by atoms with Crippen molar-refractivity contribution in [3.05, 3.63) is 59.0 Å². The van der Waals surface area contributed by atoms with E-state index in [-0.39, 0.29) is 5.56 Å². The molecule has 8 nitrogen and oxygen atoms in total. The van der Waals surface area contributed by atoms with Gasteiger partial charge in [0.2, 0.25) is 0 Å². The minimum atomic E-state index is -1.83. The van der Waals surface area contributed by atoms with Gasteiger partial charge in [0.1, 0.15) is 18.6 Å². The van der Waals surface area contributed by atoms with Crippen molar-refractivity contribution >= 4 is 17.6 Å². The van der Waals surface area contributed by atoms with Crippen LogP contribution in [0.15, 0.2) is 41.0 Å². The molecule has 168 valence electrons. The molecule has 1 aromatic heterocycles. The Labute approximate surface area is 187 Å². The Morgan fingerprint density at radius 2 is 1.84 bits per heavy atom. The SMILES string of the molecule is CNC(=O)[C@@](C)(C(=O)CO)N(C)C(=O)c1ccc(C#Cc2coc(CNC3CC3)c2)cc1. The molecule has 2 aromatic rings. The van der Waals surface area contributed by atoms with Crippen molar-refractivity contribution in [2.24, 2.45) is 0 Å². The Bertz CT molecular complexity index is 1040. The smallest absolute Gasteiger partial charge is 0.254 e. The van der Waals surface area contributed by atoms with Gasteiger partial charge in [-0.15, -0.1) is 0 Å². The van der Waals surface area contributed by atoms with Gasteiger partial charge in [0.05, 0.1) is 12.1 Å². The van der Waals surface area contributed by atoms with E-state index in [0.717, 1.165) is 16.2 Å². The van der Waals surface area contributed by atoms with Crippen molar-refractivity contribution in [3.63, 3.8) is 0 Å². The van der Waals surface area contributed by atoms with Crippen LogP contribution in [0.4, 0.5) is 0 Å². The first-order valence-corrected chi connectivity index (χ1v) is 10.4. The van der Waals surface area contributed by atoms with Crippen LogP contribution in [0.2, 0.25) is 0 Å². The summed E-state index contributed by atoms with van der Waals surface area (Å²) >= 11 is 0. The lowest BCUT2D eigenvalue weighted by Crippen LogP contribution is -2.62. The number of aliphatic hydroxyl groups is 1. The van der Waals surface area contributed by atoms with Crippen LogP contribution >= 0.6 is 0 Å². The maximum absolute atomic E-state index is 12.9. The zero-order chi connectivity index (χ0) is 23.3. The van der Waals surface area contributed by atoms with Crippen molar-refractivity contribution in [2.75, 3.05) is 20.7 Å². The molecule has 3 N–H and O–H groups in total. The highest BCUT2D eigenvalue weighted by atomic mass is 16.3. The van der Waals surface area contributed by atoms with E-state index < -0.39 is 29.7 Å². The molecule has 1 aliphatic rings. The van der Waals surface area contributed by atoms with Crippen LogP contribution in [-0.4, -0.2) is 59.9 Å². The Kier molecular flexibility index (Phi) is 7.13. The molecule has 1 aromatic carbocycles. The number of furan rings is 1. The van der Waals surface area contributed by atoms with Gasteiger partial charge in [-0.2, -0.15) is 0 Å². The molecule has 1 aliphatic carbocycles. The van der Waals surface area contributed by atoms with Crippen molar-refractivity contribution in [2.45, 2.75) is 37.9 Å². The predicted molar refractivity (Wildman–Crippen MR) is 118 cm³/mol. The lowest BCUT2D eigenvalue weighted by atomic mass is 9.92. The molecule has 1 saturated carbocycles. The highest BCUT2D eigenvalue weighted by Gasteiger charge is 2.46. The van der Waals surface area contributed by atoms with Crippen LogP contribution in [0.25, 0.3) is 0 Å². The largest absolute Gasteiger partial charge is 0.467 e. The van der Waals surface area contributed by atoms with Gasteiger partial charge in [0.15, 0.2) is 11.3 Å². The minimum Gasteiger partial charge on any atom is -0.467 e. The number of carbonyl (C=O) groups excluding carboxylic acids is 3. The van der Waals surface area contributed by atoms with E-state index in [4.69, 9.17) is 4.42 Å². The van der Waals surface area contributed by atoms with Crippen LogP contribution in [0.5, 0.6) is 0 Å². The summed E-state index contributed by atoms with van der Waals surface area (Å²) < 4.78 is 5.50. The molecule has 0 spiro atoms. The summed E-state index contributed by atoms with van der Waals surface area (Å²) in [5.74, 6) is 4.91. The average molecular weight is 437 g/mol. The number of rotatable bonds is 8. The molecule has 1 atom stereocenters. The fourth-order valence-corrected chi connectivity index (χ4v) is 3.17. The monoisotopic (exact) mass is 437 g/mol. The van der Waals surface area contributed by atoms with Crippen molar-refractivity contribution < 1.29 is 23.9 Å². The van der Waals surface area contributed by atoms with E-state index in [9.17, 15) is 19.5 Å². The molecule has 0 saturated heterocycles. The van der Waals surface area contributed by atoms with Gasteiger partial charge in [-0.05, 0) is 50.1 Å². The average Bonchev–Trinajstić information content (AvgIpc) is 3.55. The lowest BCUT2D eigenvalue weighted by molar-refractivity contribution is -0.143. The van der Waals surface area contributed by atoms with Crippen LogP contribution in [0.3, 0.4) is 0 Å². The number of benzene rings is 1. The fourth-order valence-electron chi connectivity index (χ4n) is 3.17. The number of likely N-dealkylation sites (N-methyl/N-ethyl adjacent to an activating group) is 2. The van der Waals surface area contributed by atoms with E-state index >= 15 is 0 Å². The number of Topliss-reactive ketones (excluding diaryl/α,β-unsaturated/α-hetero) is 1. The summed E-state index contributed by atoms with van der Waals surface area (Å²) in [7, 11) is 2.72. The Hall–Kier alpha value is -3.41. The normalized spacial score (nSPS) is 14.6. The molecule has 0 bridgehead atoms. The summed E-state index contributed by atoms with van der Waals surface area (Å²) in [6, 6.07) is 9.04. The molecule has 32 heavy (non-hydrogen) atoms. The summed E-state index contributed by atoms with van der Waals surface area (Å²) in [5.41, 5.74) is -0.0764. The zero-order valence-electron chi connectivity index (χ0n) is 18.4. The molecular weight excluding hydrogens is 410 g/mol. The van der Waals surface area contributed by atoms with Gasteiger partial charge in [-0.1, -0.05) is 11.8 Å². The molecule has 3 rings (SSSR count). The van der Waals surface area contributed by atoms with Crippen LogP contribution in [0.1, 0.15) is 47.0 Å². The lowest BCUT2D eigenvalue weighted by Gasteiger charge is -2.35. The molecule has 0 aliphatic heterocycles. The van der Waals surface area contributed by atoms with E-state index in [1.54, 1.807) is 30.5 Å². The Balaban J connectivity index is 1.69. The summed E-state index contributed by atoms with van der Waals surface area (Å²) in [6.45, 7) is 1.13. The number of hydrogen-bond acceptors (Lipinski definition) is 6. The van der Waals surface area contributed by atoms with Crippen molar-refractivity contribution in [1.29, 1.82) is 0 Å².